The average molecular weight is 289 g/mol. The number of hydrogen-bond donors (Lipinski definition) is 1. The van der Waals surface area contributed by atoms with Crippen LogP contribution in [0.5, 0.6) is 5.75 Å². The fraction of sp³-hybridized carbons (Fsp3) is 0.375. The van der Waals surface area contributed by atoms with Gasteiger partial charge in [-0.15, -0.1) is 0 Å². The molecule has 0 saturated carbocycles. The number of benzene rings is 1. The van der Waals surface area contributed by atoms with Crippen LogP contribution in [0.25, 0.3) is 11.4 Å². The summed E-state index contributed by atoms with van der Waals surface area (Å²) >= 11 is 0. The molecule has 5 heteroatoms. The molecular weight excluding hydrogens is 269 g/mol. The molecule has 1 aromatic heterocycles. The van der Waals surface area contributed by atoms with Gasteiger partial charge in [0.1, 0.15) is 0 Å². The van der Waals surface area contributed by atoms with Crippen LogP contribution in [0.15, 0.2) is 18.2 Å². The summed E-state index contributed by atoms with van der Waals surface area (Å²) in [4.78, 5) is 9.07. The minimum Gasteiger partial charge on any atom is -0.494 e. The third-order valence-electron chi connectivity index (χ3n) is 3.38. The summed E-state index contributed by atoms with van der Waals surface area (Å²) < 4.78 is 18.5. The van der Waals surface area contributed by atoms with Crippen LogP contribution in [0.2, 0.25) is 0 Å². The molecule has 1 aromatic carbocycles. The minimum atomic E-state index is -0.390. The molecule has 0 unspecified atom stereocenters. The van der Waals surface area contributed by atoms with E-state index in [2.05, 4.69) is 22.2 Å². The second-order valence-electron chi connectivity index (χ2n) is 4.83. The predicted octanol–water partition coefficient (Wildman–Crippen LogP) is 3.02. The topological polar surface area (TPSA) is 47.0 Å². The monoisotopic (exact) mass is 289 g/mol. The Morgan fingerprint density at radius 1 is 1.19 bits per heavy atom. The van der Waals surface area contributed by atoms with Gasteiger partial charge in [-0.1, -0.05) is 6.92 Å². The van der Waals surface area contributed by atoms with E-state index in [1.165, 1.54) is 13.2 Å². The molecule has 112 valence electrons. The molecule has 0 atom stereocenters. The number of methoxy groups -OCH3 is 1. The molecule has 1 heterocycles. The quantitative estimate of drug-likeness (QED) is 0.919. The molecule has 2 rings (SSSR count). The van der Waals surface area contributed by atoms with Crippen LogP contribution in [0.1, 0.15) is 23.9 Å². The first-order chi connectivity index (χ1) is 10.1. The summed E-state index contributed by atoms with van der Waals surface area (Å²) in [6.07, 6.45) is 0. The molecule has 1 N–H and O–H groups in total. The Morgan fingerprint density at radius 3 is 2.43 bits per heavy atom. The van der Waals surface area contributed by atoms with Crippen molar-refractivity contribution < 1.29 is 9.13 Å². The molecule has 0 bridgehead atoms. The van der Waals surface area contributed by atoms with Gasteiger partial charge in [0.15, 0.2) is 17.4 Å². The van der Waals surface area contributed by atoms with Gasteiger partial charge in [0.05, 0.1) is 7.11 Å². The van der Waals surface area contributed by atoms with E-state index in [0.717, 1.165) is 35.6 Å². The zero-order valence-electron chi connectivity index (χ0n) is 12.8. The summed E-state index contributed by atoms with van der Waals surface area (Å²) in [5.74, 6) is 0.394. The Labute approximate surface area is 124 Å². The number of aryl methyl sites for hydroxylation is 2. The Balaban J connectivity index is 2.41. The second kappa shape index (κ2) is 6.63. The molecule has 0 aliphatic rings. The van der Waals surface area contributed by atoms with Gasteiger partial charge in [0.2, 0.25) is 0 Å². The number of rotatable bonds is 5. The van der Waals surface area contributed by atoms with Gasteiger partial charge < -0.3 is 10.1 Å². The van der Waals surface area contributed by atoms with E-state index in [9.17, 15) is 4.39 Å². The smallest absolute Gasteiger partial charge is 0.165 e. The lowest BCUT2D eigenvalue weighted by Crippen LogP contribution is -2.15. The summed E-state index contributed by atoms with van der Waals surface area (Å²) in [6.45, 7) is 7.64. The third-order valence-corrected chi connectivity index (χ3v) is 3.38. The van der Waals surface area contributed by atoms with Gasteiger partial charge >= 0.3 is 0 Å². The van der Waals surface area contributed by atoms with Crippen LogP contribution in [0, 0.1) is 19.7 Å². The van der Waals surface area contributed by atoms with Gasteiger partial charge in [-0.25, -0.2) is 14.4 Å². The standard InChI is InChI=1S/C16H20FN3O/c1-5-18-9-13-10(2)19-16(20-11(13)3)12-6-7-14(17)15(8-12)21-4/h6-8,18H,5,9H2,1-4H3. The summed E-state index contributed by atoms with van der Waals surface area (Å²) in [5.41, 5.74) is 3.72. The fourth-order valence-corrected chi connectivity index (χ4v) is 2.17. The van der Waals surface area contributed by atoms with Crippen LogP contribution in [-0.4, -0.2) is 23.6 Å². The maximum Gasteiger partial charge on any atom is 0.165 e. The van der Waals surface area contributed by atoms with Crippen molar-refractivity contribution in [3.8, 4) is 17.1 Å². The van der Waals surface area contributed by atoms with Crippen molar-refractivity contribution in [1.82, 2.24) is 15.3 Å². The Hall–Kier alpha value is -2.01. The second-order valence-corrected chi connectivity index (χ2v) is 4.83. The number of aromatic nitrogens is 2. The summed E-state index contributed by atoms with van der Waals surface area (Å²) in [6, 6.07) is 4.65. The first-order valence-electron chi connectivity index (χ1n) is 6.95. The van der Waals surface area contributed by atoms with Crippen molar-refractivity contribution >= 4 is 0 Å². The Morgan fingerprint density at radius 2 is 1.86 bits per heavy atom. The fourth-order valence-electron chi connectivity index (χ4n) is 2.17. The van der Waals surface area contributed by atoms with Crippen LogP contribution in [-0.2, 0) is 6.54 Å². The molecule has 0 spiro atoms. The summed E-state index contributed by atoms with van der Waals surface area (Å²) in [5, 5.41) is 3.28. The average Bonchev–Trinajstić information content (AvgIpc) is 2.47. The number of ether oxygens (including phenoxy) is 1. The Bertz CT molecular complexity index is 620. The van der Waals surface area contributed by atoms with Gasteiger partial charge in [-0.2, -0.15) is 0 Å². The van der Waals surface area contributed by atoms with Crippen molar-refractivity contribution in [2.24, 2.45) is 0 Å². The van der Waals surface area contributed by atoms with Gasteiger partial charge in [0.25, 0.3) is 0 Å². The van der Waals surface area contributed by atoms with E-state index >= 15 is 0 Å². The maximum absolute atomic E-state index is 13.5. The van der Waals surface area contributed by atoms with Crippen molar-refractivity contribution in [3.63, 3.8) is 0 Å². The number of halogens is 1. The maximum atomic E-state index is 13.5. The van der Waals surface area contributed by atoms with Gasteiger partial charge in [0, 0.05) is 29.1 Å². The molecule has 0 radical (unpaired) electrons. The molecule has 4 nitrogen and oxygen atoms in total. The van der Waals surface area contributed by atoms with E-state index in [0.29, 0.717) is 5.82 Å². The zero-order valence-corrected chi connectivity index (χ0v) is 12.8. The highest BCUT2D eigenvalue weighted by Gasteiger charge is 2.12. The molecule has 0 saturated heterocycles. The molecule has 0 amide bonds. The first kappa shape index (κ1) is 15.4. The van der Waals surface area contributed by atoms with Crippen molar-refractivity contribution in [3.05, 3.63) is 41.0 Å². The highest BCUT2D eigenvalue weighted by molar-refractivity contribution is 5.58. The SMILES string of the molecule is CCNCc1c(C)nc(-c2ccc(F)c(OC)c2)nc1C. The summed E-state index contributed by atoms with van der Waals surface area (Å²) in [7, 11) is 1.44. The molecule has 0 fully saturated rings. The van der Waals surface area contributed by atoms with E-state index in [-0.39, 0.29) is 5.75 Å². The van der Waals surface area contributed by atoms with Gasteiger partial charge in [-0.3, -0.25) is 0 Å². The van der Waals surface area contributed by atoms with Gasteiger partial charge in [-0.05, 0) is 38.6 Å². The lowest BCUT2D eigenvalue weighted by atomic mass is 10.1. The van der Waals surface area contributed by atoms with E-state index in [4.69, 9.17) is 4.74 Å². The highest BCUT2D eigenvalue weighted by atomic mass is 19.1. The van der Waals surface area contributed by atoms with Crippen LogP contribution < -0.4 is 10.1 Å². The lowest BCUT2D eigenvalue weighted by Gasteiger charge is -2.12. The minimum absolute atomic E-state index is 0.197. The first-order valence-corrected chi connectivity index (χ1v) is 6.95. The van der Waals surface area contributed by atoms with Crippen LogP contribution >= 0.6 is 0 Å². The van der Waals surface area contributed by atoms with Crippen molar-refractivity contribution in [2.75, 3.05) is 13.7 Å². The van der Waals surface area contributed by atoms with E-state index in [1.54, 1.807) is 12.1 Å². The van der Waals surface area contributed by atoms with Crippen molar-refractivity contribution in [1.29, 1.82) is 0 Å². The van der Waals surface area contributed by atoms with E-state index < -0.39 is 5.82 Å². The van der Waals surface area contributed by atoms with Crippen LogP contribution in [0.3, 0.4) is 0 Å². The largest absolute Gasteiger partial charge is 0.494 e. The number of nitrogens with one attached hydrogen (secondary N) is 1. The normalized spacial score (nSPS) is 10.7. The van der Waals surface area contributed by atoms with E-state index in [1.807, 2.05) is 13.8 Å². The zero-order chi connectivity index (χ0) is 15.4. The number of nitrogens with zero attached hydrogens (tertiary/aromatic N) is 2. The molecule has 2 aromatic rings. The third kappa shape index (κ3) is 3.36. The predicted molar refractivity (Wildman–Crippen MR) is 80.8 cm³/mol. The number of hydrogen-bond acceptors (Lipinski definition) is 4. The molecular formula is C16H20FN3O. The highest BCUT2D eigenvalue weighted by Crippen LogP contribution is 2.25. The molecule has 0 aliphatic carbocycles. The lowest BCUT2D eigenvalue weighted by molar-refractivity contribution is 0.386. The Kier molecular flexibility index (Phi) is 4.85. The molecule has 21 heavy (non-hydrogen) atoms. The molecule has 0 aliphatic heterocycles. The van der Waals surface area contributed by atoms with Crippen LogP contribution in [0.4, 0.5) is 4.39 Å². The van der Waals surface area contributed by atoms with Crippen molar-refractivity contribution in [2.45, 2.75) is 27.3 Å².